The number of halogens is 1. The number of nitrogens with two attached hydrogens (primary N) is 1. The molecular formula is C16H14BrN3O. The van der Waals surface area contributed by atoms with Crippen molar-refractivity contribution < 1.29 is 4.52 Å². The summed E-state index contributed by atoms with van der Waals surface area (Å²) in [5.41, 5.74) is 9.71. The normalized spacial score (nSPS) is 10.8. The maximum absolute atomic E-state index is 5.87. The molecule has 0 aliphatic heterocycles. The summed E-state index contributed by atoms with van der Waals surface area (Å²) in [6.07, 6.45) is 0.650. The van der Waals surface area contributed by atoms with Crippen LogP contribution in [0.25, 0.3) is 11.5 Å². The number of rotatable bonds is 3. The van der Waals surface area contributed by atoms with Crippen molar-refractivity contribution >= 4 is 21.6 Å². The fraction of sp³-hybridized carbons (Fsp3) is 0.125. The first-order valence-electron chi connectivity index (χ1n) is 6.55. The second-order valence-corrected chi connectivity index (χ2v) is 5.77. The van der Waals surface area contributed by atoms with Crippen LogP contribution in [0.3, 0.4) is 0 Å². The minimum absolute atomic E-state index is 0.483. The maximum atomic E-state index is 5.87. The van der Waals surface area contributed by atoms with Crippen LogP contribution in [0.15, 0.2) is 51.5 Å². The molecule has 0 atom stereocenters. The molecule has 1 aromatic heterocycles. The number of nitrogen functional groups attached to an aromatic ring is 1. The zero-order chi connectivity index (χ0) is 14.8. The van der Waals surface area contributed by atoms with Crippen molar-refractivity contribution in [3.8, 4) is 11.5 Å². The second-order valence-electron chi connectivity index (χ2n) is 4.92. The highest BCUT2D eigenvalue weighted by molar-refractivity contribution is 9.10. The lowest BCUT2D eigenvalue weighted by Crippen LogP contribution is -1.91. The summed E-state index contributed by atoms with van der Waals surface area (Å²) < 4.78 is 6.17. The number of benzene rings is 2. The lowest BCUT2D eigenvalue weighted by molar-refractivity contribution is 0.424. The van der Waals surface area contributed by atoms with E-state index in [-0.39, 0.29) is 0 Å². The van der Waals surface area contributed by atoms with Crippen LogP contribution in [0.5, 0.6) is 0 Å². The van der Waals surface area contributed by atoms with Crippen LogP contribution >= 0.6 is 15.9 Å². The topological polar surface area (TPSA) is 64.9 Å². The van der Waals surface area contributed by atoms with E-state index >= 15 is 0 Å². The monoisotopic (exact) mass is 343 g/mol. The minimum Gasteiger partial charge on any atom is -0.398 e. The van der Waals surface area contributed by atoms with Gasteiger partial charge in [-0.25, -0.2) is 0 Å². The third-order valence-corrected chi connectivity index (χ3v) is 3.88. The molecule has 2 N–H and O–H groups in total. The molecule has 0 aliphatic carbocycles. The summed E-state index contributed by atoms with van der Waals surface area (Å²) in [5, 5.41) is 4.03. The molecule has 3 rings (SSSR count). The molecule has 0 spiro atoms. The molecule has 4 nitrogen and oxygen atoms in total. The van der Waals surface area contributed by atoms with E-state index in [2.05, 4.69) is 51.2 Å². The molecule has 106 valence electrons. The predicted molar refractivity (Wildman–Crippen MR) is 85.8 cm³/mol. The molecule has 1 heterocycles. The third-order valence-electron chi connectivity index (χ3n) is 3.16. The van der Waals surface area contributed by atoms with E-state index in [0.717, 1.165) is 15.6 Å². The number of aromatic nitrogens is 2. The first-order chi connectivity index (χ1) is 10.1. The Bertz CT molecular complexity index is 783. The van der Waals surface area contributed by atoms with Gasteiger partial charge in [-0.05, 0) is 46.6 Å². The first kappa shape index (κ1) is 13.8. The molecule has 0 amide bonds. The van der Waals surface area contributed by atoms with E-state index in [1.807, 2.05) is 24.3 Å². The Morgan fingerprint density at radius 3 is 2.81 bits per heavy atom. The molecule has 0 aliphatic rings. The molecule has 0 saturated heterocycles. The number of hydrogen-bond acceptors (Lipinski definition) is 4. The van der Waals surface area contributed by atoms with Crippen molar-refractivity contribution in [1.82, 2.24) is 10.1 Å². The van der Waals surface area contributed by atoms with Crippen LogP contribution in [-0.2, 0) is 6.42 Å². The molecule has 5 heteroatoms. The van der Waals surface area contributed by atoms with Crippen molar-refractivity contribution in [2.75, 3.05) is 5.73 Å². The predicted octanol–water partition coefficient (Wildman–Crippen LogP) is 3.98. The quantitative estimate of drug-likeness (QED) is 0.730. The van der Waals surface area contributed by atoms with Crippen molar-refractivity contribution in [1.29, 1.82) is 0 Å². The molecular weight excluding hydrogens is 330 g/mol. The summed E-state index contributed by atoms with van der Waals surface area (Å²) in [6, 6.07) is 13.8. The Kier molecular flexibility index (Phi) is 3.75. The van der Waals surface area contributed by atoms with Crippen LogP contribution in [0.1, 0.15) is 17.0 Å². The van der Waals surface area contributed by atoms with Gasteiger partial charge in [-0.2, -0.15) is 4.98 Å². The zero-order valence-corrected chi connectivity index (χ0v) is 13.1. The van der Waals surface area contributed by atoms with Crippen molar-refractivity contribution in [3.05, 3.63) is 63.9 Å². The third kappa shape index (κ3) is 3.13. The Morgan fingerprint density at radius 1 is 1.19 bits per heavy atom. The van der Waals surface area contributed by atoms with Gasteiger partial charge in [0.1, 0.15) is 0 Å². The van der Waals surface area contributed by atoms with Crippen molar-refractivity contribution in [3.63, 3.8) is 0 Å². The van der Waals surface area contributed by atoms with E-state index in [9.17, 15) is 0 Å². The Hall–Kier alpha value is -2.14. The van der Waals surface area contributed by atoms with Gasteiger partial charge in [0.2, 0.25) is 0 Å². The molecule has 2 aromatic carbocycles. The van der Waals surface area contributed by atoms with Crippen LogP contribution in [0.4, 0.5) is 5.69 Å². The molecule has 21 heavy (non-hydrogen) atoms. The highest BCUT2D eigenvalue weighted by Crippen LogP contribution is 2.26. The van der Waals surface area contributed by atoms with Crippen LogP contribution in [-0.4, -0.2) is 10.1 Å². The van der Waals surface area contributed by atoms with Gasteiger partial charge in [0.25, 0.3) is 5.89 Å². The standard InChI is InChI=1S/C16H14BrN3O/c1-10-3-2-4-11(7-10)8-15-19-16(21-20-15)12-5-6-13(17)14(18)9-12/h2-7,9H,8,18H2,1H3. The maximum Gasteiger partial charge on any atom is 0.258 e. The smallest absolute Gasteiger partial charge is 0.258 e. The Labute approximate surface area is 131 Å². The fourth-order valence-corrected chi connectivity index (χ4v) is 2.37. The lowest BCUT2D eigenvalue weighted by atomic mass is 10.1. The Morgan fingerprint density at radius 2 is 2.05 bits per heavy atom. The molecule has 0 bridgehead atoms. The highest BCUT2D eigenvalue weighted by Gasteiger charge is 2.10. The molecule has 0 radical (unpaired) electrons. The number of anilines is 1. The molecule has 3 aromatic rings. The lowest BCUT2D eigenvalue weighted by Gasteiger charge is -1.99. The van der Waals surface area contributed by atoms with E-state index < -0.39 is 0 Å². The number of hydrogen-bond donors (Lipinski definition) is 1. The van der Waals surface area contributed by atoms with Gasteiger partial charge in [-0.15, -0.1) is 0 Å². The molecule has 0 saturated carbocycles. The van der Waals surface area contributed by atoms with Gasteiger partial charge in [0.05, 0.1) is 0 Å². The fourth-order valence-electron chi connectivity index (χ4n) is 2.12. The minimum atomic E-state index is 0.483. The van der Waals surface area contributed by atoms with Crippen LogP contribution in [0, 0.1) is 6.92 Å². The van der Waals surface area contributed by atoms with Gasteiger partial charge in [0.15, 0.2) is 5.82 Å². The van der Waals surface area contributed by atoms with E-state index in [1.54, 1.807) is 0 Å². The summed E-state index contributed by atoms with van der Waals surface area (Å²) >= 11 is 3.37. The summed E-state index contributed by atoms with van der Waals surface area (Å²) in [7, 11) is 0. The second kappa shape index (κ2) is 5.69. The van der Waals surface area contributed by atoms with Crippen molar-refractivity contribution in [2.24, 2.45) is 0 Å². The van der Waals surface area contributed by atoms with Gasteiger partial charge >= 0.3 is 0 Å². The van der Waals surface area contributed by atoms with E-state index in [0.29, 0.717) is 23.8 Å². The van der Waals surface area contributed by atoms with E-state index in [1.165, 1.54) is 5.56 Å². The summed E-state index contributed by atoms with van der Waals surface area (Å²) in [5.74, 6) is 1.15. The number of aryl methyl sites for hydroxylation is 1. The largest absolute Gasteiger partial charge is 0.398 e. The van der Waals surface area contributed by atoms with Crippen LogP contribution < -0.4 is 5.73 Å². The average molecular weight is 344 g/mol. The highest BCUT2D eigenvalue weighted by atomic mass is 79.9. The van der Waals surface area contributed by atoms with Crippen LogP contribution in [0.2, 0.25) is 0 Å². The molecule has 0 unspecified atom stereocenters. The summed E-state index contributed by atoms with van der Waals surface area (Å²) in [6.45, 7) is 2.07. The van der Waals surface area contributed by atoms with E-state index in [4.69, 9.17) is 10.3 Å². The zero-order valence-electron chi connectivity index (χ0n) is 11.5. The SMILES string of the molecule is Cc1cccc(Cc2noc(-c3ccc(Br)c(N)c3)n2)c1. The van der Waals surface area contributed by atoms with Gasteiger partial charge in [-0.3, -0.25) is 0 Å². The van der Waals surface area contributed by atoms with Crippen molar-refractivity contribution in [2.45, 2.75) is 13.3 Å². The van der Waals surface area contributed by atoms with Gasteiger partial charge < -0.3 is 10.3 Å². The first-order valence-corrected chi connectivity index (χ1v) is 7.34. The van der Waals surface area contributed by atoms with Gasteiger partial charge in [0, 0.05) is 22.1 Å². The number of nitrogens with zero attached hydrogens (tertiary/aromatic N) is 2. The Balaban J connectivity index is 1.84. The van der Waals surface area contributed by atoms with Gasteiger partial charge in [-0.1, -0.05) is 35.0 Å². The average Bonchev–Trinajstić information content (AvgIpc) is 2.90. The summed E-state index contributed by atoms with van der Waals surface area (Å²) in [4.78, 5) is 4.43. The molecule has 0 fully saturated rings.